The number of hydrogen-bond acceptors (Lipinski definition) is 5. The van der Waals surface area contributed by atoms with Gasteiger partial charge in [0.15, 0.2) is 6.10 Å². The summed E-state index contributed by atoms with van der Waals surface area (Å²) in [5.41, 5.74) is -0.788. The number of amides is 1. The molecule has 0 saturated carbocycles. The lowest BCUT2D eigenvalue weighted by Gasteiger charge is -2.35. The molecule has 1 aliphatic rings. The molecule has 0 unspecified atom stereocenters. The third-order valence-corrected chi connectivity index (χ3v) is 2.59. The number of carbonyl (C=O) groups excluding carboxylic acids is 2. The quantitative estimate of drug-likeness (QED) is 0.781. The fourth-order valence-electron chi connectivity index (χ4n) is 1.66. The van der Waals surface area contributed by atoms with Crippen molar-refractivity contribution in [3.05, 3.63) is 0 Å². The van der Waals surface area contributed by atoms with Gasteiger partial charge in [-0.2, -0.15) is 0 Å². The number of nitrogens with one attached hydrogen (secondary N) is 1. The maximum absolute atomic E-state index is 13.9. The van der Waals surface area contributed by atoms with Gasteiger partial charge in [-0.05, 0) is 20.8 Å². The van der Waals surface area contributed by atoms with Crippen LogP contribution < -0.4 is 5.32 Å². The highest BCUT2D eigenvalue weighted by Crippen LogP contribution is 2.31. The van der Waals surface area contributed by atoms with E-state index in [4.69, 9.17) is 9.47 Å². The molecule has 0 aromatic carbocycles. The Morgan fingerprint density at radius 2 is 1.95 bits per heavy atom. The highest BCUT2D eigenvalue weighted by Gasteiger charge is 2.49. The van der Waals surface area contributed by atoms with Crippen LogP contribution in [0.4, 0.5) is 13.6 Å². The number of alkyl halides is 2. The second-order valence-corrected chi connectivity index (χ2v) is 5.51. The van der Waals surface area contributed by atoms with Gasteiger partial charge in [0, 0.05) is 0 Å². The highest BCUT2D eigenvalue weighted by atomic mass is 19.3. The fraction of sp³-hybridized carbons (Fsp3) is 0.833. The summed E-state index contributed by atoms with van der Waals surface area (Å²) in [5, 5.41) is 2.05. The maximum Gasteiger partial charge on any atom is 0.408 e. The zero-order valence-electron chi connectivity index (χ0n) is 11.9. The summed E-state index contributed by atoms with van der Waals surface area (Å²) in [6, 6.07) is -1.54. The highest BCUT2D eigenvalue weighted by molar-refractivity contribution is 5.75. The molecule has 0 spiro atoms. The molecule has 1 N–H and O–H groups in total. The van der Waals surface area contributed by atoms with E-state index in [1.54, 1.807) is 20.8 Å². The monoisotopic (exact) mass is 295 g/mol. The van der Waals surface area contributed by atoms with Crippen LogP contribution in [0.5, 0.6) is 0 Å². The van der Waals surface area contributed by atoms with Crippen LogP contribution in [0, 0.1) is 0 Å². The van der Waals surface area contributed by atoms with Crippen molar-refractivity contribution in [2.24, 2.45) is 0 Å². The number of halogens is 2. The van der Waals surface area contributed by atoms with Gasteiger partial charge in [0.25, 0.3) is 5.92 Å². The average molecular weight is 295 g/mol. The zero-order chi connectivity index (χ0) is 15.6. The summed E-state index contributed by atoms with van der Waals surface area (Å²) in [4.78, 5) is 22.7. The lowest BCUT2D eigenvalue weighted by atomic mass is 10.0. The molecule has 1 saturated heterocycles. The first-order valence-electron chi connectivity index (χ1n) is 6.12. The van der Waals surface area contributed by atoms with Gasteiger partial charge in [-0.25, -0.2) is 18.4 Å². The topological polar surface area (TPSA) is 73.9 Å². The molecule has 1 rings (SSSR count). The molecular formula is C12H19F2NO5. The normalized spacial score (nSPS) is 25.7. The fourth-order valence-corrected chi connectivity index (χ4v) is 1.66. The average Bonchev–Trinajstić information content (AvgIpc) is 2.28. The van der Waals surface area contributed by atoms with Crippen LogP contribution >= 0.6 is 0 Å². The first-order valence-corrected chi connectivity index (χ1v) is 6.12. The van der Waals surface area contributed by atoms with E-state index >= 15 is 0 Å². The number of esters is 1. The van der Waals surface area contributed by atoms with E-state index in [1.807, 2.05) is 0 Å². The molecule has 0 radical (unpaired) electrons. The summed E-state index contributed by atoms with van der Waals surface area (Å²) in [7, 11) is 1.09. The van der Waals surface area contributed by atoms with Crippen molar-refractivity contribution in [2.45, 2.75) is 50.9 Å². The van der Waals surface area contributed by atoms with Gasteiger partial charge in [-0.3, -0.25) is 0 Å². The van der Waals surface area contributed by atoms with Gasteiger partial charge in [0.2, 0.25) is 0 Å². The standard InChI is InChI=1S/C12H19F2NO5/c1-11(2,3)20-10(17)15-8-6-19-7(9(16)18-4)5-12(8,13)14/h7-8H,5-6H2,1-4H3,(H,15,17)/t7-,8-/m0/s1. The van der Waals surface area contributed by atoms with Crippen molar-refractivity contribution in [2.75, 3.05) is 13.7 Å². The number of carbonyl (C=O) groups is 2. The summed E-state index contributed by atoms with van der Waals surface area (Å²) in [6.45, 7) is 4.37. The van der Waals surface area contributed by atoms with Gasteiger partial charge < -0.3 is 19.5 Å². The Morgan fingerprint density at radius 1 is 1.35 bits per heavy atom. The largest absolute Gasteiger partial charge is 0.467 e. The van der Waals surface area contributed by atoms with Crippen molar-refractivity contribution in [3.63, 3.8) is 0 Å². The molecule has 1 heterocycles. The maximum atomic E-state index is 13.9. The van der Waals surface area contributed by atoms with Gasteiger partial charge in [0.1, 0.15) is 11.6 Å². The number of methoxy groups -OCH3 is 1. The van der Waals surface area contributed by atoms with E-state index in [-0.39, 0.29) is 0 Å². The smallest absolute Gasteiger partial charge is 0.408 e. The predicted molar refractivity (Wildman–Crippen MR) is 64.5 cm³/mol. The molecular weight excluding hydrogens is 276 g/mol. The third-order valence-electron chi connectivity index (χ3n) is 2.59. The van der Waals surface area contributed by atoms with Gasteiger partial charge in [0.05, 0.1) is 20.1 Å². The molecule has 6 nitrogen and oxygen atoms in total. The molecule has 1 amide bonds. The lowest BCUT2D eigenvalue weighted by Crippen LogP contribution is -2.57. The van der Waals surface area contributed by atoms with Gasteiger partial charge in [-0.15, -0.1) is 0 Å². The van der Waals surface area contributed by atoms with E-state index < -0.39 is 48.8 Å². The van der Waals surface area contributed by atoms with Crippen LogP contribution in [-0.2, 0) is 19.0 Å². The second-order valence-electron chi connectivity index (χ2n) is 5.51. The Bertz CT molecular complexity index is 381. The molecule has 0 aliphatic carbocycles. The van der Waals surface area contributed by atoms with Gasteiger partial charge >= 0.3 is 12.1 Å². The summed E-state index contributed by atoms with van der Waals surface area (Å²) in [5.74, 6) is -4.14. The van der Waals surface area contributed by atoms with Gasteiger partial charge in [-0.1, -0.05) is 0 Å². The van der Waals surface area contributed by atoms with Crippen molar-refractivity contribution in [3.8, 4) is 0 Å². The molecule has 2 atom stereocenters. The van der Waals surface area contributed by atoms with E-state index in [2.05, 4.69) is 10.1 Å². The minimum absolute atomic E-state index is 0.494. The molecule has 0 aromatic rings. The Kier molecular flexibility index (Phi) is 4.90. The Labute approximate surface area is 115 Å². The molecule has 8 heteroatoms. The minimum Gasteiger partial charge on any atom is -0.467 e. The van der Waals surface area contributed by atoms with Crippen molar-refractivity contribution in [1.82, 2.24) is 5.32 Å². The first kappa shape index (κ1) is 16.6. The molecule has 1 fully saturated rings. The summed E-state index contributed by atoms with van der Waals surface area (Å²) in [6.07, 6.45) is -3.13. The summed E-state index contributed by atoms with van der Waals surface area (Å²) >= 11 is 0. The number of rotatable bonds is 2. The van der Waals surface area contributed by atoms with Crippen LogP contribution in [-0.4, -0.2) is 49.4 Å². The zero-order valence-corrected chi connectivity index (χ0v) is 11.9. The van der Waals surface area contributed by atoms with Crippen LogP contribution in [0.1, 0.15) is 27.2 Å². The number of ether oxygens (including phenoxy) is 3. The predicted octanol–water partition coefficient (Wildman–Crippen LogP) is 1.48. The molecule has 1 aliphatic heterocycles. The van der Waals surface area contributed by atoms with E-state index in [0.717, 1.165) is 7.11 Å². The van der Waals surface area contributed by atoms with Crippen LogP contribution in [0.2, 0.25) is 0 Å². The van der Waals surface area contributed by atoms with Crippen molar-refractivity contribution < 1.29 is 32.6 Å². The SMILES string of the molecule is COC(=O)[C@@H]1CC(F)(F)[C@@H](NC(=O)OC(C)(C)C)CO1. The lowest BCUT2D eigenvalue weighted by molar-refractivity contribution is -0.182. The van der Waals surface area contributed by atoms with Crippen molar-refractivity contribution in [1.29, 1.82) is 0 Å². The minimum atomic E-state index is -3.28. The number of alkyl carbamates (subject to hydrolysis) is 1. The van der Waals surface area contributed by atoms with E-state index in [0.29, 0.717) is 0 Å². The third kappa shape index (κ3) is 4.59. The van der Waals surface area contributed by atoms with E-state index in [1.165, 1.54) is 0 Å². The van der Waals surface area contributed by atoms with Crippen LogP contribution in [0.3, 0.4) is 0 Å². The first-order chi connectivity index (χ1) is 9.05. The molecule has 0 bridgehead atoms. The Balaban J connectivity index is 2.61. The Morgan fingerprint density at radius 3 is 2.40 bits per heavy atom. The van der Waals surface area contributed by atoms with Crippen LogP contribution in [0.15, 0.2) is 0 Å². The van der Waals surface area contributed by atoms with Crippen molar-refractivity contribution >= 4 is 12.1 Å². The number of hydrogen-bond donors (Lipinski definition) is 1. The molecule has 116 valence electrons. The molecule has 0 aromatic heterocycles. The second kappa shape index (κ2) is 5.90. The Hall–Kier alpha value is -1.44. The summed E-state index contributed by atoms with van der Waals surface area (Å²) < 4.78 is 41.9. The van der Waals surface area contributed by atoms with Crippen LogP contribution in [0.25, 0.3) is 0 Å². The molecule has 20 heavy (non-hydrogen) atoms. The van der Waals surface area contributed by atoms with E-state index in [9.17, 15) is 18.4 Å².